The van der Waals surface area contributed by atoms with Crippen LogP contribution in [0.15, 0.2) is 6.20 Å². The average molecular weight is 335 g/mol. The first-order chi connectivity index (χ1) is 7.69. The lowest BCUT2D eigenvalue weighted by Gasteiger charge is -2.31. The van der Waals surface area contributed by atoms with E-state index < -0.39 is 0 Å². The summed E-state index contributed by atoms with van der Waals surface area (Å²) in [4.78, 5) is 2.42. The normalized spacial score (nSPS) is 22.6. The number of nitrogens with zero attached hydrogens (tertiary/aromatic N) is 3. The third kappa shape index (κ3) is 2.95. The number of aryl methyl sites for hydroxylation is 1. The molecule has 1 aliphatic rings. The number of piperidine rings is 1. The molecule has 1 aromatic heterocycles. The van der Waals surface area contributed by atoms with Crippen LogP contribution in [0.5, 0.6) is 0 Å². The minimum absolute atomic E-state index is 0.320. The zero-order valence-corrected chi connectivity index (χ0v) is 11.7. The van der Waals surface area contributed by atoms with Gasteiger partial charge in [-0.25, -0.2) is 0 Å². The molecule has 2 rings (SSSR count). The topological polar surface area (TPSA) is 41.3 Å². The van der Waals surface area contributed by atoms with E-state index >= 15 is 0 Å². The van der Waals surface area contributed by atoms with Crippen molar-refractivity contribution in [2.75, 3.05) is 19.7 Å². The molecule has 1 saturated heterocycles. The van der Waals surface area contributed by atoms with Crippen LogP contribution in [0, 0.1) is 9.62 Å². The summed E-state index contributed by atoms with van der Waals surface area (Å²) >= 11 is 2.28. The molecular formula is C11H18IN3O. The van der Waals surface area contributed by atoms with Gasteiger partial charge in [-0.05, 0) is 47.9 Å². The lowest BCUT2D eigenvalue weighted by atomic mass is 9.99. The van der Waals surface area contributed by atoms with E-state index in [-0.39, 0.29) is 0 Å². The molecule has 0 spiro atoms. The second-order valence-electron chi connectivity index (χ2n) is 4.54. The van der Waals surface area contributed by atoms with Gasteiger partial charge in [0.15, 0.2) is 0 Å². The first-order valence-corrected chi connectivity index (χ1v) is 6.78. The van der Waals surface area contributed by atoms with Gasteiger partial charge in [0.2, 0.25) is 0 Å². The van der Waals surface area contributed by atoms with Crippen molar-refractivity contribution in [1.82, 2.24) is 14.7 Å². The van der Waals surface area contributed by atoms with Crippen molar-refractivity contribution in [1.29, 1.82) is 0 Å². The monoisotopic (exact) mass is 335 g/mol. The van der Waals surface area contributed by atoms with Crippen LogP contribution in [0.25, 0.3) is 0 Å². The van der Waals surface area contributed by atoms with Gasteiger partial charge in [0, 0.05) is 38.5 Å². The lowest BCUT2D eigenvalue weighted by Crippen LogP contribution is -2.36. The number of aliphatic hydroxyl groups excluding tert-OH is 1. The smallest absolute Gasteiger partial charge is 0.127 e. The number of aliphatic hydroxyl groups is 1. The summed E-state index contributed by atoms with van der Waals surface area (Å²) in [5.41, 5.74) is 1.29. The van der Waals surface area contributed by atoms with E-state index in [9.17, 15) is 5.11 Å². The SMILES string of the molecule is Cn1cc(CN2CCCC(CO)C2)c(I)n1. The van der Waals surface area contributed by atoms with E-state index in [0.717, 1.165) is 29.8 Å². The molecule has 0 amide bonds. The van der Waals surface area contributed by atoms with E-state index in [2.05, 4.69) is 38.8 Å². The van der Waals surface area contributed by atoms with Crippen molar-refractivity contribution in [3.8, 4) is 0 Å². The van der Waals surface area contributed by atoms with Crippen molar-refractivity contribution in [3.05, 3.63) is 15.5 Å². The Hall–Kier alpha value is -0.140. The Bertz CT molecular complexity index is 353. The van der Waals surface area contributed by atoms with Crippen molar-refractivity contribution in [3.63, 3.8) is 0 Å². The van der Waals surface area contributed by atoms with Crippen LogP contribution in [0.1, 0.15) is 18.4 Å². The van der Waals surface area contributed by atoms with Gasteiger partial charge in [-0.1, -0.05) is 0 Å². The molecule has 4 nitrogen and oxygen atoms in total. The van der Waals surface area contributed by atoms with Crippen molar-refractivity contribution in [2.24, 2.45) is 13.0 Å². The third-order valence-corrected chi connectivity index (χ3v) is 4.02. The maximum Gasteiger partial charge on any atom is 0.127 e. The van der Waals surface area contributed by atoms with E-state index in [1.165, 1.54) is 12.0 Å². The largest absolute Gasteiger partial charge is 0.396 e. The number of hydrogen-bond donors (Lipinski definition) is 1. The summed E-state index contributed by atoms with van der Waals surface area (Å²) < 4.78 is 2.95. The maximum atomic E-state index is 9.19. The lowest BCUT2D eigenvalue weighted by molar-refractivity contribution is 0.115. The summed E-state index contributed by atoms with van der Waals surface area (Å²) in [7, 11) is 1.96. The van der Waals surface area contributed by atoms with E-state index in [1.54, 1.807) is 0 Å². The average Bonchev–Trinajstić information content (AvgIpc) is 2.58. The minimum Gasteiger partial charge on any atom is -0.396 e. The van der Waals surface area contributed by atoms with Crippen molar-refractivity contribution in [2.45, 2.75) is 19.4 Å². The fourth-order valence-corrected chi connectivity index (χ4v) is 2.95. The molecule has 1 fully saturated rings. The molecule has 0 bridgehead atoms. The molecule has 0 aromatic carbocycles. The van der Waals surface area contributed by atoms with Gasteiger partial charge in [-0.2, -0.15) is 5.10 Å². The molecule has 1 aliphatic heterocycles. The number of likely N-dealkylation sites (tertiary alicyclic amines) is 1. The van der Waals surface area contributed by atoms with Crippen LogP contribution in [0.4, 0.5) is 0 Å². The first kappa shape index (κ1) is 12.3. The predicted molar refractivity (Wildman–Crippen MR) is 71.0 cm³/mol. The highest BCUT2D eigenvalue weighted by atomic mass is 127. The minimum atomic E-state index is 0.320. The summed E-state index contributed by atoms with van der Waals surface area (Å²) in [5.74, 6) is 0.461. The van der Waals surface area contributed by atoms with Gasteiger partial charge in [-0.3, -0.25) is 9.58 Å². The first-order valence-electron chi connectivity index (χ1n) is 5.70. The molecule has 2 heterocycles. The molecule has 1 aromatic rings. The summed E-state index contributed by atoms with van der Waals surface area (Å²) in [6.45, 7) is 3.44. The summed E-state index contributed by atoms with van der Waals surface area (Å²) in [6.07, 6.45) is 4.45. The van der Waals surface area contributed by atoms with Crippen LogP contribution in [0.2, 0.25) is 0 Å². The quantitative estimate of drug-likeness (QED) is 0.845. The van der Waals surface area contributed by atoms with Gasteiger partial charge in [0.25, 0.3) is 0 Å². The Balaban J connectivity index is 1.96. The molecule has 1 N–H and O–H groups in total. The molecule has 1 atom stereocenters. The van der Waals surface area contributed by atoms with Gasteiger partial charge in [0.1, 0.15) is 3.70 Å². The Morgan fingerprint density at radius 1 is 1.62 bits per heavy atom. The Morgan fingerprint density at radius 3 is 3.06 bits per heavy atom. The molecule has 90 valence electrons. The number of hydrogen-bond acceptors (Lipinski definition) is 3. The fourth-order valence-electron chi connectivity index (χ4n) is 2.30. The highest BCUT2D eigenvalue weighted by molar-refractivity contribution is 14.1. The maximum absolute atomic E-state index is 9.19. The molecule has 5 heteroatoms. The van der Waals surface area contributed by atoms with E-state index in [0.29, 0.717) is 12.5 Å². The Morgan fingerprint density at radius 2 is 2.44 bits per heavy atom. The van der Waals surface area contributed by atoms with Gasteiger partial charge < -0.3 is 5.11 Å². The Kier molecular flexibility index (Phi) is 4.21. The Labute approximate surface area is 110 Å². The van der Waals surface area contributed by atoms with Crippen LogP contribution in [-0.4, -0.2) is 39.5 Å². The zero-order chi connectivity index (χ0) is 11.5. The fraction of sp³-hybridized carbons (Fsp3) is 0.727. The van der Waals surface area contributed by atoms with Gasteiger partial charge >= 0.3 is 0 Å². The standard InChI is InChI=1S/C11H18IN3O/c1-14-6-10(11(12)13-14)7-15-4-2-3-9(5-15)8-16/h6,9,16H,2-5,7-8H2,1H3. The van der Waals surface area contributed by atoms with Crippen molar-refractivity contribution < 1.29 is 5.11 Å². The van der Waals surface area contributed by atoms with Gasteiger partial charge in [-0.15, -0.1) is 0 Å². The molecule has 16 heavy (non-hydrogen) atoms. The molecule has 0 saturated carbocycles. The predicted octanol–water partition coefficient (Wildman–Crippen LogP) is 1.23. The van der Waals surface area contributed by atoms with Crippen LogP contribution < -0.4 is 0 Å². The summed E-state index contributed by atoms with van der Waals surface area (Å²) in [5, 5.41) is 13.5. The highest BCUT2D eigenvalue weighted by Crippen LogP contribution is 2.19. The van der Waals surface area contributed by atoms with Crippen LogP contribution >= 0.6 is 22.6 Å². The van der Waals surface area contributed by atoms with E-state index in [1.807, 2.05) is 11.7 Å². The number of aromatic nitrogens is 2. The van der Waals surface area contributed by atoms with Crippen LogP contribution in [0.3, 0.4) is 0 Å². The second-order valence-corrected chi connectivity index (χ2v) is 5.57. The molecule has 0 aliphatic carbocycles. The van der Waals surface area contributed by atoms with Gasteiger partial charge in [0.05, 0.1) is 0 Å². The number of rotatable bonds is 3. The van der Waals surface area contributed by atoms with Crippen LogP contribution in [-0.2, 0) is 13.6 Å². The summed E-state index contributed by atoms with van der Waals surface area (Å²) in [6, 6.07) is 0. The highest BCUT2D eigenvalue weighted by Gasteiger charge is 2.20. The zero-order valence-electron chi connectivity index (χ0n) is 9.56. The van der Waals surface area contributed by atoms with Crippen molar-refractivity contribution >= 4 is 22.6 Å². The van der Waals surface area contributed by atoms with E-state index in [4.69, 9.17) is 0 Å². The number of halogens is 1. The third-order valence-electron chi connectivity index (χ3n) is 3.11. The molecule has 0 radical (unpaired) electrons. The molecule has 1 unspecified atom stereocenters. The second kappa shape index (κ2) is 5.46. The molecular weight excluding hydrogens is 317 g/mol.